The Balaban J connectivity index is 3.83. The molecule has 3 unspecified atom stereocenters. The second-order valence-corrected chi connectivity index (χ2v) is 5.89. The van der Waals surface area contributed by atoms with Gasteiger partial charge in [0, 0.05) is 34.9 Å². The highest BCUT2D eigenvalue weighted by Gasteiger charge is 2.22. The van der Waals surface area contributed by atoms with Gasteiger partial charge in [-0.3, -0.25) is 4.21 Å². The monoisotopic (exact) mass is 207 g/mol. The van der Waals surface area contributed by atoms with Crippen molar-refractivity contribution in [3.63, 3.8) is 0 Å². The molecule has 0 aliphatic heterocycles. The minimum absolute atomic E-state index is 0.0125. The molecule has 0 saturated carbocycles. The van der Waals surface area contributed by atoms with Gasteiger partial charge in [-0.15, -0.1) is 0 Å². The van der Waals surface area contributed by atoms with Crippen LogP contribution in [0.15, 0.2) is 0 Å². The Morgan fingerprint density at radius 3 is 2.23 bits per heavy atom. The van der Waals surface area contributed by atoms with E-state index in [1.807, 2.05) is 13.8 Å². The van der Waals surface area contributed by atoms with Crippen molar-refractivity contribution in [2.75, 3.05) is 12.8 Å². The summed E-state index contributed by atoms with van der Waals surface area (Å²) < 4.78 is 11.0. The summed E-state index contributed by atoms with van der Waals surface area (Å²) >= 11 is 0. The maximum absolute atomic E-state index is 11.0. The summed E-state index contributed by atoms with van der Waals surface area (Å²) in [6.07, 6.45) is 1.70. The fraction of sp³-hybridized carbons (Fsp3) is 1.00. The molecule has 0 fully saturated rings. The van der Waals surface area contributed by atoms with E-state index in [-0.39, 0.29) is 11.3 Å². The zero-order chi connectivity index (χ0) is 10.6. The van der Waals surface area contributed by atoms with Crippen LogP contribution in [-0.4, -0.2) is 39.0 Å². The van der Waals surface area contributed by atoms with Gasteiger partial charge in [0.2, 0.25) is 0 Å². The molecule has 0 aromatic carbocycles. The predicted octanol–water partition coefficient (Wildman–Crippen LogP) is 0.502. The fourth-order valence-electron chi connectivity index (χ4n) is 0.710. The maximum Gasteiger partial charge on any atom is 0.0741 e. The standard InChI is InChI=1S/C9H21NO2S/c1-7(13(5)12)6-10-8(2)9(3,4)11/h7-8,10-11H,6H2,1-5H3. The number of nitrogens with one attached hydrogen (secondary N) is 1. The van der Waals surface area contributed by atoms with E-state index in [9.17, 15) is 9.32 Å². The Hall–Kier alpha value is 0.0700. The number of aliphatic hydroxyl groups is 1. The van der Waals surface area contributed by atoms with Gasteiger partial charge in [0.15, 0.2) is 0 Å². The first kappa shape index (κ1) is 13.1. The highest BCUT2D eigenvalue weighted by atomic mass is 32.2. The molecular weight excluding hydrogens is 186 g/mol. The molecule has 0 bridgehead atoms. The molecule has 0 aromatic heterocycles. The second kappa shape index (κ2) is 5.08. The van der Waals surface area contributed by atoms with Crippen LogP contribution in [-0.2, 0) is 10.8 Å². The average Bonchev–Trinajstić information content (AvgIpc) is 1.97. The zero-order valence-corrected chi connectivity index (χ0v) is 9.94. The summed E-state index contributed by atoms with van der Waals surface area (Å²) in [5, 5.41) is 12.9. The van der Waals surface area contributed by atoms with Crippen LogP contribution in [0.2, 0.25) is 0 Å². The molecule has 3 atom stereocenters. The van der Waals surface area contributed by atoms with E-state index in [0.717, 1.165) is 0 Å². The van der Waals surface area contributed by atoms with Crippen molar-refractivity contribution in [1.29, 1.82) is 0 Å². The van der Waals surface area contributed by atoms with E-state index in [1.165, 1.54) is 0 Å². The molecule has 0 amide bonds. The van der Waals surface area contributed by atoms with Crippen molar-refractivity contribution in [2.24, 2.45) is 0 Å². The van der Waals surface area contributed by atoms with E-state index >= 15 is 0 Å². The first-order valence-electron chi connectivity index (χ1n) is 4.53. The Kier molecular flexibility index (Phi) is 5.10. The quantitative estimate of drug-likeness (QED) is 0.690. The van der Waals surface area contributed by atoms with Crippen molar-refractivity contribution in [1.82, 2.24) is 5.32 Å². The van der Waals surface area contributed by atoms with E-state index in [0.29, 0.717) is 6.54 Å². The van der Waals surface area contributed by atoms with Crippen molar-refractivity contribution in [2.45, 2.75) is 44.6 Å². The summed E-state index contributed by atoms with van der Waals surface area (Å²) in [4.78, 5) is 0. The summed E-state index contributed by atoms with van der Waals surface area (Å²) in [7, 11) is -0.798. The van der Waals surface area contributed by atoms with E-state index in [4.69, 9.17) is 0 Å². The minimum atomic E-state index is -0.798. The summed E-state index contributed by atoms with van der Waals surface area (Å²) in [5.74, 6) is 0. The van der Waals surface area contributed by atoms with Crippen molar-refractivity contribution < 1.29 is 9.32 Å². The Bertz CT molecular complexity index is 177. The maximum atomic E-state index is 11.0. The van der Waals surface area contributed by atoms with Gasteiger partial charge in [0.25, 0.3) is 0 Å². The van der Waals surface area contributed by atoms with Gasteiger partial charge in [-0.25, -0.2) is 0 Å². The van der Waals surface area contributed by atoms with Gasteiger partial charge >= 0.3 is 0 Å². The van der Waals surface area contributed by atoms with Gasteiger partial charge in [0.1, 0.15) is 0 Å². The summed E-state index contributed by atoms with van der Waals surface area (Å²) in [6.45, 7) is 8.05. The molecule has 3 nitrogen and oxygen atoms in total. The molecule has 0 spiro atoms. The molecule has 0 heterocycles. The second-order valence-electron chi connectivity index (χ2n) is 4.09. The van der Waals surface area contributed by atoms with Crippen LogP contribution >= 0.6 is 0 Å². The molecule has 2 N–H and O–H groups in total. The first-order chi connectivity index (χ1) is 5.75. The molecule has 0 radical (unpaired) electrons. The van der Waals surface area contributed by atoms with E-state index in [2.05, 4.69) is 5.32 Å². The Morgan fingerprint density at radius 1 is 1.46 bits per heavy atom. The van der Waals surface area contributed by atoms with Gasteiger partial charge < -0.3 is 10.4 Å². The summed E-state index contributed by atoms with van der Waals surface area (Å²) in [5.41, 5.74) is -0.727. The van der Waals surface area contributed by atoms with Crippen LogP contribution in [0, 0.1) is 0 Å². The minimum Gasteiger partial charge on any atom is -0.389 e. The van der Waals surface area contributed by atoms with Gasteiger partial charge in [-0.05, 0) is 27.7 Å². The van der Waals surface area contributed by atoms with Crippen LogP contribution in [0.1, 0.15) is 27.7 Å². The SMILES string of the molecule is CC(CNC(C)C(C)(C)O)S(C)=O. The highest BCUT2D eigenvalue weighted by Crippen LogP contribution is 2.07. The first-order valence-corrected chi connectivity index (χ1v) is 6.15. The Labute approximate surface area is 83.4 Å². The zero-order valence-electron chi connectivity index (χ0n) is 9.13. The van der Waals surface area contributed by atoms with Gasteiger partial charge in [-0.1, -0.05) is 0 Å². The molecule has 80 valence electrons. The van der Waals surface area contributed by atoms with Crippen molar-refractivity contribution in [3.8, 4) is 0 Å². The third-order valence-electron chi connectivity index (χ3n) is 2.34. The lowest BCUT2D eigenvalue weighted by molar-refractivity contribution is 0.0446. The number of hydrogen-bond donors (Lipinski definition) is 2. The van der Waals surface area contributed by atoms with Crippen LogP contribution in [0.4, 0.5) is 0 Å². The molecule has 0 aromatic rings. The average molecular weight is 207 g/mol. The third kappa shape index (κ3) is 5.39. The molecule has 0 aliphatic rings. The third-order valence-corrected chi connectivity index (χ3v) is 3.64. The van der Waals surface area contributed by atoms with Crippen molar-refractivity contribution >= 4 is 10.8 Å². The van der Waals surface area contributed by atoms with Gasteiger partial charge in [-0.2, -0.15) is 0 Å². The van der Waals surface area contributed by atoms with E-state index < -0.39 is 16.4 Å². The van der Waals surface area contributed by atoms with Crippen LogP contribution < -0.4 is 5.32 Å². The molecule has 0 rings (SSSR count). The topological polar surface area (TPSA) is 49.3 Å². The smallest absolute Gasteiger partial charge is 0.0741 e. The molecular formula is C9H21NO2S. The highest BCUT2D eigenvalue weighted by molar-refractivity contribution is 7.84. The molecule has 0 aliphatic carbocycles. The van der Waals surface area contributed by atoms with Crippen LogP contribution in [0.3, 0.4) is 0 Å². The fourth-order valence-corrected chi connectivity index (χ4v) is 1.04. The number of hydrogen-bond acceptors (Lipinski definition) is 3. The summed E-state index contributed by atoms with van der Waals surface area (Å²) in [6, 6.07) is 0.0125. The molecule has 0 saturated heterocycles. The largest absolute Gasteiger partial charge is 0.389 e. The Morgan fingerprint density at radius 2 is 1.92 bits per heavy atom. The lowest BCUT2D eigenvalue weighted by atomic mass is 10.0. The number of rotatable bonds is 5. The van der Waals surface area contributed by atoms with E-state index in [1.54, 1.807) is 20.1 Å². The molecule has 4 heteroatoms. The van der Waals surface area contributed by atoms with Crippen molar-refractivity contribution in [3.05, 3.63) is 0 Å². The lowest BCUT2D eigenvalue weighted by Gasteiger charge is -2.27. The predicted molar refractivity (Wildman–Crippen MR) is 57.3 cm³/mol. The molecule has 13 heavy (non-hydrogen) atoms. The normalized spacial score (nSPS) is 19.5. The van der Waals surface area contributed by atoms with Crippen LogP contribution in [0.5, 0.6) is 0 Å². The van der Waals surface area contributed by atoms with Crippen LogP contribution in [0.25, 0.3) is 0 Å². The van der Waals surface area contributed by atoms with Gasteiger partial charge in [0.05, 0.1) is 5.60 Å². The lowest BCUT2D eigenvalue weighted by Crippen LogP contribution is -2.47.